The Labute approximate surface area is 129 Å². The van der Waals surface area contributed by atoms with E-state index in [0.717, 1.165) is 4.47 Å². The van der Waals surface area contributed by atoms with Crippen molar-refractivity contribution >= 4 is 21.6 Å². The van der Waals surface area contributed by atoms with Gasteiger partial charge in [0.1, 0.15) is 0 Å². The first kappa shape index (κ1) is 15.1. The topological polar surface area (TPSA) is 29.3 Å². The maximum atomic E-state index is 6.03. The van der Waals surface area contributed by atoms with Crippen molar-refractivity contribution in [2.24, 2.45) is 5.73 Å². The van der Waals surface area contributed by atoms with E-state index in [4.69, 9.17) is 5.73 Å². The van der Waals surface area contributed by atoms with E-state index >= 15 is 0 Å². The SMILES string of the molecule is Cc1cc(C)cc(N(C)C(CN)c2ccccc2Br)c1. The minimum absolute atomic E-state index is 0.159. The average Bonchev–Trinajstić information content (AvgIpc) is 2.40. The summed E-state index contributed by atoms with van der Waals surface area (Å²) in [6, 6.07) is 15.0. The van der Waals surface area contributed by atoms with Gasteiger partial charge in [-0.3, -0.25) is 0 Å². The van der Waals surface area contributed by atoms with E-state index in [0.29, 0.717) is 6.54 Å². The lowest BCUT2D eigenvalue weighted by atomic mass is 10.0. The molecule has 0 radical (unpaired) electrons. The number of halogens is 1. The summed E-state index contributed by atoms with van der Waals surface area (Å²) in [5.74, 6) is 0. The third-order valence-corrected chi connectivity index (χ3v) is 4.29. The zero-order valence-corrected chi connectivity index (χ0v) is 13.8. The van der Waals surface area contributed by atoms with Crippen LogP contribution in [0.3, 0.4) is 0 Å². The van der Waals surface area contributed by atoms with E-state index in [9.17, 15) is 0 Å². The van der Waals surface area contributed by atoms with Crippen molar-refractivity contribution in [3.63, 3.8) is 0 Å². The fourth-order valence-electron chi connectivity index (χ4n) is 2.57. The fourth-order valence-corrected chi connectivity index (χ4v) is 3.12. The molecule has 0 fully saturated rings. The molecule has 20 heavy (non-hydrogen) atoms. The number of nitrogens with zero attached hydrogens (tertiary/aromatic N) is 1. The Morgan fingerprint density at radius 3 is 2.25 bits per heavy atom. The summed E-state index contributed by atoms with van der Waals surface area (Å²) in [6.45, 7) is 4.83. The van der Waals surface area contributed by atoms with Crippen LogP contribution in [0.15, 0.2) is 46.9 Å². The fraction of sp³-hybridized carbons (Fsp3) is 0.294. The Hall–Kier alpha value is -1.32. The van der Waals surface area contributed by atoms with Gasteiger partial charge in [-0.05, 0) is 48.7 Å². The molecular formula is C17H21BrN2. The molecule has 0 saturated carbocycles. The van der Waals surface area contributed by atoms with E-state index in [1.165, 1.54) is 22.4 Å². The zero-order chi connectivity index (χ0) is 14.7. The Balaban J connectivity index is 2.39. The van der Waals surface area contributed by atoms with Crippen LogP contribution >= 0.6 is 15.9 Å². The van der Waals surface area contributed by atoms with Gasteiger partial charge in [-0.25, -0.2) is 0 Å². The number of hydrogen-bond donors (Lipinski definition) is 1. The van der Waals surface area contributed by atoms with Crippen molar-refractivity contribution in [3.05, 3.63) is 63.6 Å². The van der Waals surface area contributed by atoms with Crippen molar-refractivity contribution in [2.75, 3.05) is 18.5 Å². The second-order valence-electron chi connectivity index (χ2n) is 5.23. The van der Waals surface area contributed by atoms with Gasteiger partial charge in [0.05, 0.1) is 6.04 Å². The molecule has 0 heterocycles. The molecule has 106 valence electrons. The van der Waals surface area contributed by atoms with Gasteiger partial charge in [0.15, 0.2) is 0 Å². The molecule has 0 aromatic heterocycles. The quantitative estimate of drug-likeness (QED) is 0.908. The highest BCUT2D eigenvalue weighted by Crippen LogP contribution is 2.30. The van der Waals surface area contributed by atoms with Gasteiger partial charge in [0, 0.05) is 23.8 Å². The van der Waals surface area contributed by atoms with E-state index in [2.05, 4.69) is 78.1 Å². The lowest BCUT2D eigenvalue weighted by molar-refractivity contribution is 0.677. The molecule has 2 aromatic rings. The van der Waals surface area contributed by atoms with Crippen LogP contribution in [0.2, 0.25) is 0 Å². The molecule has 2 nitrogen and oxygen atoms in total. The molecule has 0 amide bonds. The lowest BCUT2D eigenvalue weighted by Crippen LogP contribution is -2.30. The molecule has 1 atom stereocenters. The number of benzene rings is 2. The van der Waals surface area contributed by atoms with Crippen LogP contribution in [-0.2, 0) is 0 Å². The average molecular weight is 333 g/mol. The number of hydrogen-bond acceptors (Lipinski definition) is 2. The van der Waals surface area contributed by atoms with Gasteiger partial charge >= 0.3 is 0 Å². The van der Waals surface area contributed by atoms with Gasteiger partial charge in [-0.2, -0.15) is 0 Å². The van der Waals surface area contributed by atoms with Crippen LogP contribution in [-0.4, -0.2) is 13.6 Å². The standard InChI is InChI=1S/C17H21BrN2/c1-12-8-13(2)10-14(9-12)20(3)17(11-19)15-6-4-5-7-16(15)18/h4-10,17H,11,19H2,1-3H3. The highest BCUT2D eigenvalue weighted by atomic mass is 79.9. The molecule has 2 aromatic carbocycles. The zero-order valence-electron chi connectivity index (χ0n) is 12.2. The second-order valence-corrected chi connectivity index (χ2v) is 6.08. The lowest BCUT2D eigenvalue weighted by Gasteiger charge is -2.30. The summed E-state index contributed by atoms with van der Waals surface area (Å²) in [5, 5.41) is 0. The molecule has 1 unspecified atom stereocenters. The third-order valence-electron chi connectivity index (χ3n) is 3.57. The monoisotopic (exact) mass is 332 g/mol. The molecule has 2 rings (SSSR count). The molecule has 0 aliphatic heterocycles. The Morgan fingerprint density at radius 1 is 1.10 bits per heavy atom. The maximum absolute atomic E-state index is 6.03. The molecule has 0 saturated heterocycles. The molecule has 0 bridgehead atoms. The van der Waals surface area contributed by atoms with Gasteiger partial charge in [-0.1, -0.05) is 40.2 Å². The summed E-state index contributed by atoms with van der Waals surface area (Å²) in [6.07, 6.45) is 0. The van der Waals surface area contributed by atoms with Crippen LogP contribution in [0.5, 0.6) is 0 Å². The normalized spacial score (nSPS) is 12.2. The van der Waals surface area contributed by atoms with E-state index in [-0.39, 0.29) is 6.04 Å². The highest BCUT2D eigenvalue weighted by Gasteiger charge is 2.18. The summed E-state index contributed by atoms with van der Waals surface area (Å²) < 4.78 is 1.10. The number of likely N-dealkylation sites (N-methyl/N-ethyl adjacent to an activating group) is 1. The smallest absolute Gasteiger partial charge is 0.0672 e. The Morgan fingerprint density at radius 2 is 1.70 bits per heavy atom. The molecule has 3 heteroatoms. The van der Waals surface area contributed by atoms with Crippen LogP contribution < -0.4 is 10.6 Å². The molecule has 0 spiro atoms. The predicted molar refractivity (Wildman–Crippen MR) is 90.3 cm³/mol. The van der Waals surface area contributed by atoms with E-state index < -0.39 is 0 Å². The highest BCUT2D eigenvalue weighted by molar-refractivity contribution is 9.10. The van der Waals surface area contributed by atoms with E-state index in [1.807, 2.05) is 6.07 Å². The van der Waals surface area contributed by atoms with Crippen molar-refractivity contribution in [3.8, 4) is 0 Å². The Kier molecular flexibility index (Phi) is 4.84. The van der Waals surface area contributed by atoms with Crippen LogP contribution in [0, 0.1) is 13.8 Å². The van der Waals surface area contributed by atoms with Gasteiger partial charge in [0.2, 0.25) is 0 Å². The first-order valence-corrected chi connectivity index (χ1v) is 7.58. The first-order valence-electron chi connectivity index (χ1n) is 6.78. The van der Waals surface area contributed by atoms with E-state index in [1.54, 1.807) is 0 Å². The summed E-state index contributed by atoms with van der Waals surface area (Å²) in [7, 11) is 2.10. The summed E-state index contributed by atoms with van der Waals surface area (Å²) in [4.78, 5) is 2.25. The van der Waals surface area contributed by atoms with Gasteiger partial charge in [0.25, 0.3) is 0 Å². The Bertz CT molecular complexity index is 575. The van der Waals surface area contributed by atoms with Crippen LogP contribution in [0.25, 0.3) is 0 Å². The third kappa shape index (κ3) is 3.22. The molecule has 2 N–H and O–H groups in total. The van der Waals surface area contributed by atoms with Gasteiger partial charge in [-0.15, -0.1) is 0 Å². The number of anilines is 1. The van der Waals surface area contributed by atoms with Crippen molar-refractivity contribution in [1.82, 2.24) is 0 Å². The van der Waals surface area contributed by atoms with Crippen molar-refractivity contribution < 1.29 is 0 Å². The predicted octanol–water partition coefficient (Wildman–Crippen LogP) is 4.20. The first-order chi connectivity index (χ1) is 9.52. The summed E-state index contributed by atoms with van der Waals surface area (Å²) in [5.41, 5.74) is 11.0. The number of aryl methyl sites for hydroxylation is 2. The van der Waals surface area contributed by atoms with Crippen molar-refractivity contribution in [1.29, 1.82) is 0 Å². The van der Waals surface area contributed by atoms with Crippen LogP contribution in [0.1, 0.15) is 22.7 Å². The number of nitrogens with two attached hydrogens (primary N) is 1. The maximum Gasteiger partial charge on any atom is 0.0672 e. The molecule has 0 aliphatic rings. The van der Waals surface area contributed by atoms with Crippen molar-refractivity contribution in [2.45, 2.75) is 19.9 Å². The minimum atomic E-state index is 0.159. The van der Waals surface area contributed by atoms with Crippen LogP contribution in [0.4, 0.5) is 5.69 Å². The number of rotatable bonds is 4. The van der Waals surface area contributed by atoms with Gasteiger partial charge < -0.3 is 10.6 Å². The molecular weight excluding hydrogens is 312 g/mol. The summed E-state index contributed by atoms with van der Waals surface area (Å²) >= 11 is 3.63. The molecule has 0 aliphatic carbocycles. The largest absolute Gasteiger partial charge is 0.366 e. The second kappa shape index (κ2) is 6.42. The minimum Gasteiger partial charge on any atom is -0.366 e.